The molecule has 0 atom stereocenters. The summed E-state index contributed by atoms with van der Waals surface area (Å²) in [6.45, 7) is 3.68. The number of piperazine rings is 1. The first-order chi connectivity index (χ1) is 12.6. The van der Waals surface area contributed by atoms with Crippen LogP contribution in [0.1, 0.15) is 6.42 Å². The average Bonchev–Trinajstić information content (AvgIpc) is 2.67. The Morgan fingerprint density at radius 2 is 1.65 bits per heavy atom. The molecular formula is C19H22N4O3. The van der Waals surface area contributed by atoms with E-state index < -0.39 is 0 Å². The van der Waals surface area contributed by atoms with Crippen LogP contribution >= 0.6 is 0 Å². The number of carbonyl (C=O) groups is 1. The molecule has 1 heterocycles. The van der Waals surface area contributed by atoms with Crippen molar-refractivity contribution in [3.8, 4) is 0 Å². The standard InChI is InChI=1S/C19H22N4O3/c24-19(20-16-6-2-1-3-7-16)10-11-21-12-14-22(15-13-21)17-8-4-5-9-18(17)23(25)26/h1-9H,10-15H2,(H,20,24). The Hall–Kier alpha value is -2.93. The van der Waals surface area contributed by atoms with Gasteiger partial charge in [0.15, 0.2) is 0 Å². The second-order valence-electron chi connectivity index (χ2n) is 6.24. The van der Waals surface area contributed by atoms with E-state index in [0.29, 0.717) is 31.7 Å². The lowest BCUT2D eigenvalue weighted by atomic mass is 10.2. The van der Waals surface area contributed by atoms with Crippen LogP contribution in [0.4, 0.5) is 17.1 Å². The van der Waals surface area contributed by atoms with Gasteiger partial charge in [0.2, 0.25) is 5.91 Å². The molecule has 1 saturated heterocycles. The van der Waals surface area contributed by atoms with Crippen molar-refractivity contribution in [1.82, 2.24) is 4.90 Å². The lowest BCUT2D eigenvalue weighted by molar-refractivity contribution is -0.384. The number of hydrogen-bond donors (Lipinski definition) is 1. The van der Waals surface area contributed by atoms with E-state index in [2.05, 4.69) is 10.2 Å². The molecule has 0 aliphatic carbocycles. The summed E-state index contributed by atoms with van der Waals surface area (Å²) >= 11 is 0. The molecule has 0 unspecified atom stereocenters. The Balaban J connectivity index is 1.47. The van der Waals surface area contributed by atoms with E-state index in [9.17, 15) is 14.9 Å². The van der Waals surface area contributed by atoms with Crippen molar-refractivity contribution < 1.29 is 9.72 Å². The summed E-state index contributed by atoms with van der Waals surface area (Å²) in [5.74, 6) is -0.00248. The Kier molecular flexibility index (Phi) is 5.80. The zero-order valence-corrected chi connectivity index (χ0v) is 14.5. The Morgan fingerprint density at radius 1 is 1.00 bits per heavy atom. The van der Waals surface area contributed by atoms with Gasteiger partial charge >= 0.3 is 0 Å². The van der Waals surface area contributed by atoms with Gasteiger partial charge < -0.3 is 10.2 Å². The lowest BCUT2D eigenvalue weighted by Crippen LogP contribution is -2.47. The van der Waals surface area contributed by atoms with Crippen molar-refractivity contribution in [2.75, 3.05) is 42.9 Å². The molecule has 0 spiro atoms. The molecule has 3 rings (SSSR count). The summed E-state index contributed by atoms with van der Waals surface area (Å²) in [5, 5.41) is 14.1. The Morgan fingerprint density at radius 3 is 2.35 bits per heavy atom. The lowest BCUT2D eigenvalue weighted by Gasteiger charge is -2.35. The third-order valence-corrected chi connectivity index (χ3v) is 4.50. The van der Waals surface area contributed by atoms with E-state index >= 15 is 0 Å². The van der Waals surface area contributed by atoms with E-state index in [-0.39, 0.29) is 16.5 Å². The van der Waals surface area contributed by atoms with Gasteiger partial charge in [0.05, 0.1) is 4.92 Å². The molecule has 2 aromatic rings. The summed E-state index contributed by atoms with van der Waals surface area (Å²) in [7, 11) is 0. The Labute approximate surface area is 152 Å². The SMILES string of the molecule is O=C(CCN1CCN(c2ccccc2[N+](=O)[O-])CC1)Nc1ccccc1. The number of nitrogens with zero attached hydrogens (tertiary/aromatic N) is 3. The molecule has 1 N–H and O–H groups in total. The van der Waals surface area contributed by atoms with Crippen LogP contribution in [0.3, 0.4) is 0 Å². The van der Waals surface area contributed by atoms with Crippen LogP contribution in [0.25, 0.3) is 0 Å². The molecule has 0 bridgehead atoms. The molecule has 7 nitrogen and oxygen atoms in total. The molecule has 136 valence electrons. The first kappa shape index (κ1) is 17.9. The number of hydrogen-bond acceptors (Lipinski definition) is 5. The average molecular weight is 354 g/mol. The minimum absolute atomic E-state index is 0.00248. The van der Waals surface area contributed by atoms with Gasteiger partial charge in [0.1, 0.15) is 5.69 Å². The molecular weight excluding hydrogens is 332 g/mol. The second-order valence-corrected chi connectivity index (χ2v) is 6.24. The Bertz CT molecular complexity index is 758. The van der Waals surface area contributed by atoms with Crippen LogP contribution in [-0.4, -0.2) is 48.5 Å². The van der Waals surface area contributed by atoms with Crippen molar-refractivity contribution in [1.29, 1.82) is 0 Å². The van der Waals surface area contributed by atoms with Crippen molar-refractivity contribution >= 4 is 23.0 Å². The van der Waals surface area contributed by atoms with E-state index in [4.69, 9.17) is 0 Å². The third-order valence-electron chi connectivity index (χ3n) is 4.50. The number of anilines is 2. The minimum atomic E-state index is -0.338. The molecule has 0 radical (unpaired) electrons. The fraction of sp³-hybridized carbons (Fsp3) is 0.316. The molecule has 1 aliphatic heterocycles. The van der Waals surface area contributed by atoms with Gasteiger partial charge in [-0.15, -0.1) is 0 Å². The van der Waals surface area contributed by atoms with E-state index in [1.165, 1.54) is 6.07 Å². The number of amides is 1. The molecule has 1 fully saturated rings. The third kappa shape index (κ3) is 4.58. The molecule has 1 aliphatic rings. The zero-order chi connectivity index (χ0) is 18.4. The molecule has 26 heavy (non-hydrogen) atoms. The summed E-state index contributed by atoms with van der Waals surface area (Å²) in [6, 6.07) is 16.2. The number of nitro benzene ring substituents is 1. The second kappa shape index (κ2) is 8.44. The normalized spacial score (nSPS) is 14.8. The van der Waals surface area contributed by atoms with Crippen molar-refractivity contribution in [2.24, 2.45) is 0 Å². The molecule has 7 heteroatoms. The maximum Gasteiger partial charge on any atom is 0.292 e. The highest BCUT2D eigenvalue weighted by Gasteiger charge is 2.23. The molecule has 0 saturated carbocycles. The topological polar surface area (TPSA) is 78.7 Å². The highest BCUT2D eigenvalue weighted by atomic mass is 16.6. The van der Waals surface area contributed by atoms with Gasteiger partial charge in [-0.3, -0.25) is 19.8 Å². The van der Waals surface area contributed by atoms with Crippen molar-refractivity contribution in [3.05, 3.63) is 64.7 Å². The fourth-order valence-corrected chi connectivity index (χ4v) is 3.10. The minimum Gasteiger partial charge on any atom is -0.363 e. The summed E-state index contributed by atoms with van der Waals surface area (Å²) in [5.41, 5.74) is 1.61. The van der Waals surface area contributed by atoms with Crippen LogP contribution in [0.5, 0.6) is 0 Å². The van der Waals surface area contributed by atoms with Crippen LogP contribution < -0.4 is 10.2 Å². The summed E-state index contributed by atoms with van der Waals surface area (Å²) in [6.07, 6.45) is 0.431. The van der Waals surface area contributed by atoms with Crippen LogP contribution in [0.2, 0.25) is 0 Å². The van der Waals surface area contributed by atoms with Gasteiger partial charge in [-0.05, 0) is 18.2 Å². The fourth-order valence-electron chi connectivity index (χ4n) is 3.10. The predicted octanol–water partition coefficient (Wildman–Crippen LogP) is 2.75. The van der Waals surface area contributed by atoms with E-state index in [1.807, 2.05) is 41.3 Å². The highest BCUT2D eigenvalue weighted by molar-refractivity contribution is 5.90. The maximum atomic E-state index is 12.0. The quantitative estimate of drug-likeness (QED) is 0.637. The number of nitrogens with one attached hydrogen (secondary N) is 1. The number of benzene rings is 2. The predicted molar refractivity (Wildman–Crippen MR) is 101 cm³/mol. The number of nitro groups is 1. The van der Waals surface area contributed by atoms with Gasteiger partial charge in [-0.2, -0.15) is 0 Å². The summed E-state index contributed by atoms with van der Waals surface area (Å²) in [4.78, 5) is 27.1. The van der Waals surface area contributed by atoms with E-state index in [1.54, 1.807) is 12.1 Å². The summed E-state index contributed by atoms with van der Waals surface area (Å²) < 4.78 is 0. The van der Waals surface area contributed by atoms with Crippen LogP contribution in [0.15, 0.2) is 54.6 Å². The number of para-hydroxylation sites is 3. The van der Waals surface area contributed by atoms with Gasteiger partial charge in [0.25, 0.3) is 5.69 Å². The number of rotatable bonds is 6. The van der Waals surface area contributed by atoms with Crippen LogP contribution in [-0.2, 0) is 4.79 Å². The molecule has 2 aromatic carbocycles. The first-order valence-electron chi connectivity index (χ1n) is 8.69. The largest absolute Gasteiger partial charge is 0.363 e. The highest BCUT2D eigenvalue weighted by Crippen LogP contribution is 2.28. The molecule has 1 amide bonds. The van der Waals surface area contributed by atoms with Crippen LogP contribution in [0, 0.1) is 10.1 Å². The zero-order valence-electron chi connectivity index (χ0n) is 14.5. The monoisotopic (exact) mass is 354 g/mol. The maximum absolute atomic E-state index is 12.0. The van der Waals surface area contributed by atoms with Crippen molar-refractivity contribution in [2.45, 2.75) is 6.42 Å². The first-order valence-corrected chi connectivity index (χ1v) is 8.69. The van der Waals surface area contributed by atoms with E-state index in [0.717, 1.165) is 18.8 Å². The van der Waals surface area contributed by atoms with Gasteiger partial charge in [-0.1, -0.05) is 30.3 Å². The van der Waals surface area contributed by atoms with Gasteiger partial charge in [-0.25, -0.2) is 0 Å². The smallest absolute Gasteiger partial charge is 0.292 e. The number of carbonyl (C=O) groups excluding carboxylic acids is 1. The van der Waals surface area contributed by atoms with Crippen molar-refractivity contribution in [3.63, 3.8) is 0 Å². The molecule has 0 aromatic heterocycles. The van der Waals surface area contributed by atoms with Gasteiger partial charge in [0, 0.05) is 50.9 Å².